The lowest BCUT2D eigenvalue weighted by Crippen LogP contribution is -2.32. The van der Waals surface area contributed by atoms with Gasteiger partial charge in [-0.15, -0.1) is 0 Å². The van der Waals surface area contributed by atoms with Gasteiger partial charge in [0, 0.05) is 25.8 Å². The first-order valence-corrected chi connectivity index (χ1v) is 6.35. The molecular weight excluding hydrogens is 273 g/mol. The Bertz CT molecular complexity index is 539. The monoisotopic (exact) mass is 288 g/mol. The Morgan fingerprint density at radius 3 is 2.70 bits per heavy atom. The summed E-state index contributed by atoms with van der Waals surface area (Å²) in [6, 6.07) is 3.00. The van der Waals surface area contributed by atoms with Crippen LogP contribution in [0.3, 0.4) is 0 Å². The summed E-state index contributed by atoms with van der Waals surface area (Å²) >= 11 is 0. The molecule has 0 aliphatic carbocycles. The zero-order chi connectivity index (χ0) is 14.8. The van der Waals surface area contributed by atoms with Crippen molar-refractivity contribution in [2.24, 2.45) is 5.92 Å². The fourth-order valence-corrected chi connectivity index (χ4v) is 2.37. The summed E-state index contributed by atoms with van der Waals surface area (Å²) in [6.07, 6.45) is -2.03. The van der Waals surface area contributed by atoms with Gasteiger partial charge >= 0.3 is 6.18 Å². The molecule has 1 aromatic heterocycles. The first-order valence-electron chi connectivity index (χ1n) is 6.35. The van der Waals surface area contributed by atoms with Gasteiger partial charge in [-0.05, 0) is 25.1 Å². The lowest BCUT2D eigenvalue weighted by Gasteiger charge is -2.18. The Morgan fingerprint density at radius 1 is 1.35 bits per heavy atom. The van der Waals surface area contributed by atoms with Gasteiger partial charge in [0.25, 0.3) is 5.56 Å². The molecule has 1 saturated heterocycles. The third-order valence-electron chi connectivity index (χ3n) is 3.57. The Morgan fingerprint density at radius 2 is 2.10 bits per heavy atom. The number of likely N-dealkylation sites (tertiary alicyclic amines) is 1. The minimum absolute atomic E-state index is 0.0222. The summed E-state index contributed by atoms with van der Waals surface area (Å²) in [5, 5.41) is 0. The van der Waals surface area contributed by atoms with Crippen molar-refractivity contribution in [1.82, 2.24) is 9.47 Å². The van der Waals surface area contributed by atoms with Crippen LogP contribution in [0.1, 0.15) is 16.8 Å². The van der Waals surface area contributed by atoms with Crippen molar-refractivity contribution in [1.29, 1.82) is 0 Å². The third-order valence-corrected chi connectivity index (χ3v) is 3.57. The van der Waals surface area contributed by atoms with E-state index in [0.29, 0.717) is 19.4 Å². The number of aromatic nitrogens is 1. The molecule has 2 heterocycles. The zero-order valence-electron chi connectivity index (χ0n) is 10.8. The van der Waals surface area contributed by atoms with Crippen molar-refractivity contribution in [3.05, 3.63) is 34.2 Å². The minimum atomic E-state index is -4.15. The number of hydrogen-bond donors (Lipinski definition) is 0. The number of carbonyl (C=O) groups excluding carboxylic acids is 1. The van der Waals surface area contributed by atoms with Crippen molar-refractivity contribution in [3.63, 3.8) is 0 Å². The topological polar surface area (TPSA) is 42.3 Å². The minimum Gasteiger partial charge on any atom is -0.314 e. The van der Waals surface area contributed by atoms with Crippen LogP contribution < -0.4 is 5.56 Å². The van der Waals surface area contributed by atoms with Crippen LogP contribution in [0.2, 0.25) is 0 Å². The Balaban J connectivity index is 1.94. The van der Waals surface area contributed by atoms with Crippen LogP contribution in [0.25, 0.3) is 0 Å². The van der Waals surface area contributed by atoms with Gasteiger partial charge in [0.15, 0.2) is 6.29 Å². The molecule has 0 spiro atoms. The van der Waals surface area contributed by atoms with Gasteiger partial charge in [-0.3, -0.25) is 9.59 Å². The summed E-state index contributed by atoms with van der Waals surface area (Å²) in [6.45, 7) is 1.01. The molecule has 0 bridgehead atoms. The molecule has 1 atom stereocenters. The van der Waals surface area contributed by atoms with Crippen LogP contribution in [0, 0.1) is 5.92 Å². The van der Waals surface area contributed by atoms with E-state index >= 15 is 0 Å². The van der Waals surface area contributed by atoms with E-state index in [1.54, 1.807) is 11.0 Å². The van der Waals surface area contributed by atoms with Crippen molar-refractivity contribution in [2.75, 3.05) is 19.6 Å². The molecule has 110 valence electrons. The predicted molar refractivity (Wildman–Crippen MR) is 66.7 cm³/mol. The van der Waals surface area contributed by atoms with Gasteiger partial charge in [0.1, 0.15) is 0 Å². The van der Waals surface area contributed by atoms with Gasteiger partial charge in [0.05, 0.1) is 11.5 Å². The first kappa shape index (κ1) is 14.8. The van der Waals surface area contributed by atoms with Crippen LogP contribution in [0.15, 0.2) is 23.1 Å². The first-order chi connectivity index (χ1) is 9.41. The predicted octanol–water partition coefficient (Wildman–Crippen LogP) is 1.54. The third kappa shape index (κ3) is 3.27. The summed E-state index contributed by atoms with van der Waals surface area (Å²) in [5.74, 6) is -1.28. The van der Waals surface area contributed by atoms with E-state index in [1.165, 1.54) is 16.8 Å². The molecule has 0 aromatic carbocycles. The number of alkyl halides is 3. The second kappa shape index (κ2) is 5.78. The molecule has 2 rings (SSSR count). The molecule has 4 nitrogen and oxygen atoms in total. The quantitative estimate of drug-likeness (QED) is 0.789. The van der Waals surface area contributed by atoms with E-state index in [0.717, 1.165) is 0 Å². The number of rotatable bonds is 4. The molecule has 0 amide bonds. The Kier molecular flexibility index (Phi) is 4.27. The fraction of sp³-hybridized carbons (Fsp3) is 0.538. The van der Waals surface area contributed by atoms with E-state index in [-0.39, 0.29) is 25.1 Å². The van der Waals surface area contributed by atoms with Crippen molar-refractivity contribution >= 4 is 6.29 Å². The standard InChI is InChI=1S/C13H15F3N2O2/c14-13(15,16)11-3-5-17(8-11)6-7-18-4-1-2-10(9-19)12(18)20/h1-2,4,9,11H,3,5-8H2. The average molecular weight is 288 g/mol. The Labute approximate surface area is 113 Å². The molecule has 1 aliphatic heterocycles. The van der Waals surface area contributed by atoms with E-state index in [4.69, 9.17) is 0 Å². The summed E-state index contributed by atoms with van der Waals surface area (Å²) in [7, 11) is 0. The number of nitrogens with zero attached hydrogens (tertiary/aromatic N) is 2. The number of pyridine rings is 1. The molecule has 1 fully saturated rings. The van der Waals surface area contributed by atoms with Crippen molar-refractivity contribution < 1.29 is 18.0 Å². The molecule has 1 aliphatic rings. The van der Waals surface area contributed by atoms with Crippen molar-refractivity contribution in [2.45, 2.75) is 19.1 Å². The van der Waals surface area contributed by atoms with Gasteiger partial charge in [-0.2, -0.15) is 13.2 Å². The largest absolute Gasteiger partial charge is 0.393 e. The number of aldehydes is 1. The smallest absolute Gasteiger partial charge is 0.314 e. The van der Waals surface area contributed by atoms with Crippen LogP contribution in [0.4, 0.5) is 13.2 Å². The summed E-state index contributed by atoms with van der Waals surface area (Å²) < 4.78 is 39.0. The average Bonchev–Trinajstić information content (AvgIpc) is 2.86. The zero-order valence-corrected chi connectivity index (χ0v) is 10.8. The van der Waals surface area contributed by atoms with E-state index in [9.17, 15) is 22.8 Å². The number of carbonyl (C=O) groups is 1. The highest BCUT2D eigenvalue weighted by molar-refractivity contribution is 5.73. The Hall–Kier alpha value is -1.63. The highest BCUT2D eigenvalue weighted by Crippen LogP contribution is 2.33. The van der Waals surface area contributed by atoms with E-state index in [1.807, 2.05) is 0 Å². The fourth-order valence-electron chi connectivity index (χ4n) is 2.37. The molecule has 20 heavy (non-hydrogen) atoms. The van der Waals surface area contributed by atoms with Gasteiger partial charge in [-0.25, -0.2) is 0 Å². The second-order valence-corrected chi connectivity index (χ2v) is 4.91. The maximum atomic E-state index is 12.5. The molecule has 7 heteroatoms. The summed E-state index contributed by atoms with van der Waals surface area (Å²) in [4.78, 5) is 24.1. The highest BCUT2D eigenvalue weighted by atomic mass is 19.4. The lowest BCUT2D eigenvalue weighted by atomic mass is 10.1. The van der Waals surface area contributed by atoms with E-state index in [2.05, 4.69) is 0 Å². The summed E-state index contributed by atoms with van der Waals surface area (Å²) in [5.41, 5.74) is -0.351. The molecular formula is C13H15F3N2O2. The van der Waals surface area contributed by atoms with Crippen LogP contribution >= 0.6 is 0 Å². The number of hydrogen-bond acceptors (Lipinski definition) is 3. The highest BCUT2D eigenvalue weighted by Gasteiger charge is 2.43. The maximum Gasteiger partial charge on any atom is 0.393 e. The van der Waals surface area contributed by atoms with Crippen LogP contribution in [-0.4, -0.2) is 41.6 Å². The maximum absolute atomic E-state index is 12.5. The van der Waals surface area contributed by atoms with Crippen LogP contribution in [0.5, 0.6) is 0 Å². The van der Waals surface area contributed by atoms with Gasteiger partial charge in [0.2, 0.25) is 0 Å². The van der Waals surface area contributed by atoms with E-state index < -0.39 is 17.7 Å². The second-order valence-electron chi connectivity index (χ2n) is 4.91. The molecule has 0 saturated carbocycles. The molecule has 0 radical (unpaired) electrons. The van der Waals surface area contributed by atoms with Crippen molar-refractivity contribution in [3.8, 4) is 0 Å². The van der Waals surface area contributed by atoms with Gasteiger partial charge < -0.3 is 9.47 Å². The van der Waals surface area contributed by atoms with Gasteiger partial charge in [-0.1, -0.05) is 0 Å². The van der Waals surface area contributed by atoms with Crippen LogP contribution in [-0.2, 0) is 6.54 Å². The SMILES string of the molecule is O=Cc1cccn(CCN2CCC(C(F)(F)F)C2)c1=O. The molecule has 1 unspecified atom stereocenters. The molecule has 0 N–H and O–H groups in total. The number of halogens is 3. The normalized spacial score (nSPS) is 20.2. The lowest BCUT2D eigenvalue weighted by molar-refractivity contribution is -0.170. The molecule has 1 aromatic rings.